The van der Waals surface area contributed by atoms with Gasteiger partial charge in [-0.2, -0.15) is 0 Å². The van der Waals surface area contributed by atoms with Crippen LogP contribution in [0.2, 0.25) is 5.02 Å². The van der Waals surface area contributed by atoms with Crippen LogP contribution in [0.25, 0.3) is 0 Å². The summed E-state index contributed by atoms with van der Waals surface area (Å²) >= 11 is 6.30. The quantitative estimate of drug-likeness (QED) is 0.919. The van der Waals surface area contributed by atoms with Gasteiger partial charge in [0, 0.05) is 5.02 Å². The average Bonchev–Trinajstić information content (AvgIpc) is 2.53. The lowest BCUT2D eigenvalue weighted by Crippen LogP contribution is -2.15. The monoisotopic (exact) mass is 307 g/mol. The molecule has 0 radical (unpaired) electrons. The fraction of sp³-hybridized carbons (Fsp3) is 0.250. The van der Waals surface area contributed by atoms with Gasteiger partial charge in [-0.1, -0.05) is 23.7 Å². The van der Waals surface area contributed by atoms with E-state index in [2.05, 4.69) is 0 Å². The molecule has 0 aromatic heterocycles. The van der Waals surface area contributed by atoms with Crippen LogP contribution in [0, 0.1) is 0 Å². The lowest BCUT2D eigenvalue weighted by Gasteiger charge is -2.20. The minimum atomic E-state index is -0.463. The van der Waals surface area contributed by atoms with Gasteiger partial charge in [-0.3, -0.25) is 0 Å². The Morgan fingerprint density at radius 3 is 2.05 bits per heavy atom. The molecule has 1 atom stereocenters. The Labute approximate surface area is 129 Å². The summed E-state index contributed by atoms with van der Waals surface area (Å²) in [5.74, 6) is 2.01. The molecule has 0 aliphatic carbocycles. The molecule has 1 unspecified atom stereocenters. The molecule has 2 aromatic carbocycles. The van der Waals surface area contributed by atoms with Crippen LogP contribution < -0.4 is 19.9 Å². The van der Waals surface area contributed by atoms with Crippen molar-refractivity contribution in [1.29, 1.82) is 0 Å². The molecular formula is C16H18ClNO3. The van der Waals surface area contributed by atoms with E-state index in [1.54, 1.807) is 27.4 Å². The van der Waals surface area contributed by atoms with Gasteiger partial charge in [-0.25, -0.2) is 0 Å². The molecule has 0 spiro atoms. The average molecular weight is 308 g/mol. The van der Waals surface area contributed by atoms with Crippen LogP contribution in [-0.2, 0) is 0 Å². The van der Waals surface area contributed by atoms with Gasteiger partial charge in [-0.05, 0) is 29.8 Å². The predicted octanol–water partition coefficient (Wildman–Crippen LogP) is 3.41. The Balaban J connectivity index is 2.51. The van der Waals surface area contributed by atoms with Crippen LogP contribution >= 0.6 is 11.6 Å². The summed E-state index contributed by atoms with van der Waals surface area (Å²) in [4.78, 5) is 0. The van der Waals surface area contributed by atoms with E-state index in [-0.39, 0.29) is 0 Å². The molecule has 0 amide bonds. The topological polar surface area (TPSA) is 53.7 Å². The minimum absolute atomic E-state index is 0.463. The number of hydrogen-bond acceptors (Lipinski definition) is 4. The molecule has 0 aliphatic heterocycles. The van der Waals surface area contributed by atoms with Crippen LogP contribution in [-0.4, -0.2) is 21.3 Å². The Morgan fingerprint density at radius 1 is 0.952 bits per heavy atom. The third-order valence-electron chi connectivity index (χ3n) is 3.32. The summed E-state index contributed by atoms with van der Waals surface area (Å²) in [6.07, 6.45) is 0. The zero-order chi connectivity index (χ0) is 15.4. The maximum Gasteiger partial charge on any atom is 0.127 e. The van der Waals surface area contributed by atoms with E-state index in [4.69, 9.17) is 31.5 Å². The molecule has 0 bridgehead atoms. The van der Waals surface area contributed by atoms with Crippen molar-refractivity contribution in [2.75, 3.05) is 21.3 Å². The summed E-state index contributed by atoms with van der Waals surface area (Å²) in [5, 5.41) is 0.537. The van der Waals surface area contributed by atoms with Gasteiger partial charge in [0.05, 0.1) is 32.9 Å². The summed E-state index contributed by atoms with van der Waals surface area (Å²) in [6.45, 7) is 0. The predicted molar refractivity (Wildman–Crippen MR) is 83.6 cm³/mol. The van der Waals surface area contributed by atoms with E-state index < -0.39 is 6.04 Å². The van der Waals surface area contributed by atoms with E-state index in [9.17, 15) is 0 Å². The highest BCUT2D eigenvalue weighted by Crippen LogP contribution is 2.38. The van der Waals surface area contributed by atoms with Gasteiger partial charge in [0.2, 0.25) is 0 Å². The molecule has 0 fully saturated rings. The van der Waals surface area contributed by atoms with Crippen LogP contribution in [0.5, 0.6) is 17.2 Å². The maximum absolute atomic E-state index is 6.38. The second-order valence-electron chi connectivity index (χ2n) is 4.44. The highest BCUT2D eigenvalue weighted by atomic mass is 35.5. The van der Waals surface area contributed by atoms with Gasteiger partial charge < -0.3 is 19.9 Å². The molecule has 4 nitrogen and oxygen atoms in total. The van der Waals surface area contributed by atoms with Gasteiger partial charge in [0.15, 0.2) is 0 Å². The number of hydrogen-bond donors (Lipinski definition) is 1. The molecule has 2 rings (SSSR count). The lowest BCUT2D eigenvalue weighted by atomic mass is 9.97. The molecule has 0 saturated heterocycles. The number of rotatable bonds is 5. The fourth-order valence-corrected chi connectivity index (χ4v) is 2.52. The normalized spacial score (nSPS) is 11.9. The van der Waals surface area contributed by atoms with Crippen molar-refractivity contribution >= 4 is 11.6 Å². The van der Waals surface area contributed by atoms with Gasteiger partial charge >= 0.3 is 0 Å². The van der Waals surface area contributed by atoms with Gasteiger partial charge in [0.1, 0.15) is 17.2 Å². The van der Waals surface area contributed by atoms with Crippen molar-refractivity contribution in [3.63, 3.8) is 0 Å². The molecule has 5 heteroatoms. The van der Waals surface area contributed by atoms with Crippen molar-refractivity contribution in [1.82, 2.24) is 0 Å². The van der Waals surface area contributed by atoms with E-state index in [0.29, 0.717) is 22.3 Å². The second-order valence-corrected chi connectivity index (χ2v) is 4.85. The van der Waals surface area contributed by atoms with E-state index in [1.165, 1.54) is 0 Å². The molecule has 112 valence electrons. The highest BCUT2D eigenvalue weighted by Gasteiger charge is 2.21. The third-order valence-corrected chi connectivity index (χ3v) is 3.65. The number of benzene rings is 2. The van der Waals surface area contributed by atoms with Crippen molar-refractivity contribution in [3.05, 3.63) is 52.5 Å². The van der Waals surface area contributed by atoms with Crippen LogP contribution in [0.4, 0.5) is 0 Å². The standard InChI is InChI=1S/C16H18ClNO3/c1-19-10-7-8-11(12(17)9-10)16(18)15-13(20-2)5-4-6-14(15)21-3/h4-9,16H,18H2,1-3H3. The van der Waals surface area contributed by atoms with E-state index >= 15 is 0 Å². The van der Waals surface area contributed by atoms with Crippen molar-refractivity contribution < 1.29 is 14.2 Å². The molecule has 2 N–H and O–H groups in total. The van der Waals surface area contributed by atoms with Crippen LogP contribution in [0.3, 0.4) is 0 Å². The smallest absolute Gasteiger partial charge is 0.127 e. The SMILES string of the molecule is COc1ccc(C(N)c2c(OC)cccc2OC)c(Cl)c1. The first-order chi connectivity index (χ1) is 10.1. The number of ether oxygens (including phenoxy) is 3. The van der Waals surface area contributed by atoms with Gasteiger partial charge in [0.25, 0.3) is 0 Å². The molecule has 21 heavy (non-hydrogen) atoms. The Bertz CT molecular complexity index is 609. The first-order valence-corrected chi connectivity index (χ1v) is 6.80. The first-order valence-electron chi connectivity index (χ1n) is 6.42. The van der Waals surface area contributed by atoms with Crippen molar-refractivity contribution in [2.24, 2.45) is 5.73 Å². The Morgan fingerprint density at radius 2 is 1.57 bits per heavy atom. The number of methoxy groups -OCH3 is 3. The number of nitrogens with two attached hydrogens (primary N) is 1. The maximum atomic E-state index is 6.38. The summed E-state index contributed by atoms with van der Waals surface area (Å²) in [5.41, 5.74) is 7.91. The second kappa shape index (κ2) is 6.70. The Kier molecular flexibility index (Phi) is 4.94. The van der Waals surface area contributed by atoms with E-state index in [1.807, 2.05) is 30.3 Å². The summed E-state index contributed by atoms with van der Waals surface area (Å²) in [7, 11) is 4.79. The summed E-state index contributed by atoms with van der Waals surface area (Å²) < 4.78 is 15.9. The minimum Gasteiger partial charge on any atom is -0.497 e. The first kappa shape index (κ1) is 15.5. The van der Waals surface area contributed by atoms with Crippen LogP contribution in [0.1, 0.15) is 17.2 Å². The van der Waals surface area contributed by atoms with E-state index in [0.717, 1.165) is 11.1 Å². The highest BCUT2D eigenvalue weighted by molar-refractivity contribution is 6.31. The van der Waals surface area contributed by atoms with Crippen molar-refractivity contribution in [3.8, 4) is 17.2 Å². The zero-order valence-corrected chi connectivity index (χ0v) is 13.0. The molecule has 0 aliphatic rings. The third kappa shape index (κ3) is 3.06. The molecular weight excluding hydrogens is 290 g/mol. The number of halogens is 1. The van der Waals surface area contributed by atoms with Crippen LogP contribution in [0.15, 0.2) is 36.4 Å². The lowest BCUT2D eigenvalue weighted by molar-refractivity contribution is 0.382. The van der Waals surface area contributed by atoms with Gasteiger partial charge in [-0.15, -0.1) is 0 Å². The summed E-state index contributed by atoms with van der Waals surface area (Å²) in [6, 6.07) is 10.5. The zero-order valence-electron chi connectivity index (χ0n) is 12.2. The Hall–Kier alpha value is -1.91. The van der Waals surface area contributed by atoms with Crippen molar-refractivity contribution in [2.45, 2.75) is 6.04 Å². The molecule has 2 aromatic rings. The molecule has 0 heterocycles. The fourth-order valence-electron chi connectivity index (χ4n) is 2.23. The molecule has 0 saturated carbocycles. The largest absolute Gasteiger partial charge is 0.497 e.